The molecular formula is C17H22ClNO5. The van der Waals surface area contributed by atoms with Crippen LogP contribution in [0.2, 0.25) is 5.02 Å². The Morgan fingerprint density at radius 1 is 1.17 bits per heavy atom. The van der Waals surface area contributed by atoms with Crippen molar-refractivity contribution in [2.24, 2.45) is 5.41 Å². The molecule has 0 aliphatic heterocycles. The predicted molar refractivity (Wildman–Crippen MR) is 91.0 cm³/mol. The zero-order valence-corrected chi connectivity index (χ0v) is 14.6. The Kier molecular flexibility index (Phi) is 5.94. The number of aliphatic carboxylic acids is 1. The van der Waals surface area contributed by atoms with Crippen LogP contribution in [0.3, 0.4) is 0 Å². The van der Waals surface area contributed by atoms with Gasteiger partial charge in [-0.2, -0.15) is 0 Å². The fourth-order valence-corrected chi connectivity index (χ4v) is 3.40. The van der Waals surface area contributed by atoms with Crippen LogP contribution in [0, 0.1) is 5.41 Å². The van der Waals surface area contributed by atoms with E-state index in [1.807, 2.05) is 0 Å². The van der Waals surface area contributed by atoms with Crippen molar-refractivity contribution in [1.29, 1.82) is 0 Å². The first kappa shape index (κ1) is 18.4. The summed E-state index contributed by atoms with van der Waals surface area (Å²) >= 11 is 6.09. The molecule has 1 aliphatic rings. The van der Waals surface area contributed by atoms with E-state index >= 15 is 0 Å². The number of rotatable bonds is 6. The Balaban J connectivity index is 2.17. The molecule has 6 nitrogen and oxygen atoms in total. The van der Waals surface area contributed by atoms with Gasteiger partial charge in [-0.25, -0.2) is 0 Å². The molecule has 0 unspecified atom stereocenters. The maximum atomic E-state index is 12.4. The molecule has 0 atom stereocenters. The summed E-state index contributed by atoms with van der Waals surface area (Å²) in [6, 6.07) is 3.11. The van der Waals surface area contributed by atoms with Gasteiger partial charge >= 0.3 is 5.97 Å². The fraction of sp³-hybridized carbons (Fsp3) is 0.529. The van der Waals surface area contributed by atoms with Crippen molar-refractivity contribution in [3.63, 3.8) is 0 Å². The third-order valence-electron chi connectivity index (χ3n) is 4.51. The summed E-state index contributed by atoms with van der Waals surface area (Å²) in [6.45, 7) is 0. The second-order valence-corrected chi connectivity index (χ2v) is 6.47. The molecule has 1 saturated carbocycles. The first-order valence-electron chi connectivity index (χ1n) is 7.86. The van der Waals surface area contributed by atoms with Gasteiger partial charge in [0.1, 0.15) is 11.5 Å². The molecule has 24 heavy (non-hydrogen) atoms. The highest BCUT2D eigenvalue weighted by Crippen LogP contribution is 2.41. The van der Waals surface area contributed by atoms with E-state index in [9.17, 15) is 14.7 Å². The van der Waals surface area contributed by atoms with Gasteiger partial charge in [0.25, 0.3) is 0 Å². The van der Waals surface area contributed by atoms with Crippen molar-refractivity contribution >= 4 is 29.2 Å². The summed E-state index contributed by atoms with van der Waals surface area (Å²) in [5, 5.41) is 12.6. The van der Waals surface area contributed by atoms with Gasteiger partial charge in [0.15, 0.2) is 0 Å². The average molecular weight is 356 g/mol. The normalized spacial score (nSPS) is 16.3. The van der Waals surface area contributed by atoms with E-state index in [1.54, 1.807) is 6.07 Å². The highest BCUT2D eigenvalue weighted by atomic mass is 35.5. The van der Waals surface area contributed by atoms with Crippen molar-refractivity contribution in [2.75, 3.05) is 19.5 Å². The van der Waals surface area contributed by atoms with E-state index in [0.717, 1.165) is 19.3 Å². The molecule has 0 radical (unpaired) electrons. The minimum absolute atomic E-state index is 0.0604. The van der Waals surface area contributed by atoms with Crippen LogP contribution in [0.5, 0.6) is 11.5 Å². The molecule has 1 amide bonds. The summed E-state index contributed by atoms with van der Waals surface area (Å²) in [4.78, 5) is 24.1. The number of halogens is 1. The molecule has 1 aliphatic carbocycles. The van der Waals surface area contributed by atoms with Crippen LogP contribution >= 0.6 is 11.6 Å². The molecule has 1 aromatic carbocycles. The van der Waals surface area contributed by atoms with E-state index in [2.05, 4.69) is 5.32 Å². The van der Waals surface area contributed by atoms with Crippen LogP contribution in [-0.4, -0.2) is 31.2 Å². The Morgan fingerprint density at radius 2 is 1.79 bits per heavy atom. The van der Waals surface area contributed by atoms with Crippen LogP contribution in [0.15, 0.2) is 12.1 Å². The highest BCUT2D eigenvalue weighted by molar-refractivity contribution is 6.32. The summed E-state index contributed by atoms with van der Waals surface area (Å²) in [7, 11) is 2.96. The predicted octanol–water partition coefficient (Wildman–Crippen LogP) is 3.72. The third-order valence-corrected chi connectivity index (χ3v) is 4.81. The number of methoxy groups -OCH3 is 2. The van der Waals surface area contributed by atoms with E-state index in [-0.39, 0.29) is 12.3 Å². The number of benzene rings is 1. The standard InChI is InChI=1S/C17H22ClNO5/c1-23-13-9-14(24-2)12(8-11(13)18)19-15(20)10-17(16(21)22)6-4-3-5-7-17/h8-9H,3-7,10H2,1-2H3,(H,19,20)(H,21,22). The first-order valence-corrected chi connectivity index (χ1v) is 8.24. The number of carboxylic acids is 1. The van der Waals surface area contributed by atoms with Crippen molar-refractivity contribution in [3.8, 4) is 11.5 Å². The lowest BCUT2D eigenvalue weighted by molar-refractivity contribution is -0.153. The van der Waals surface area contributed by atoms with Crippen LogP contribution in [-0.2, 0) is 9.59 Å². The van der Waals surface area contributed by atoms with Gasteiger partial charge in [-0.3, -0.25) is 9.59 Å². The van der Waals surface area contributed by atoms with Gasteiger partial charge in [-0.15, -0.1) is 0 Å². The van der Waals surface area contributed by atoms with Crippen LogP contribution in [0.4, 0.5) is 5.69 Å². The third kappa shape index (κ3) is 3.93. The average Bonchev–Trinajstić information content (AvgIpc) is 2.55. The zero-order valence-electron chi connectivity index (χ0n) is 13.9. The number of nitrogens with one attached hydrogen (secondary N) is 1. The molecule has 0 heterocycles. The smallest absolute Gasteiger partial charge is 0.310 e. The van der Waals surface area contributed by atoms with Crippen LogP contribution in [0.1, 0.15) is 38.5 Å². The SMILES string of the molecule is COc1cc(OC)c(NC(=O)CC2(C(=O)O)CCCCC2)cc1Cl. The number of carbonyl (C=O) groups excluding carboxylic acids is 1. The molecule has 0 saturated heterocycles. The van der Waals surface area contributed by atoms with Gasteiger partial charge in [-0.05, 0) is 18.9 Å². The largest absolute Gasteiger partial charge is 0.495 e. The molecule has 1 fully saturated rings. The van der Waals surface area contributed by atoms with Gasteiger partial charge in [0.05, 0.1) is 30.3 Å². The van der Waals surface area contributed by atoms with E-state index in [0.29, 0.717) is 35.1 Å². The molecule has 2 rings (SSSR count). The Bertz CT molecular complexity index is 626. The lowest BCUT2D eigenvalue weighted by atomic mass is 9.71. The number of amides is 1. The van der Waals surface area contributed by atoms with Gasteiger partial charge in [0.2, 0.25) is 5.91 Å². The molecule has 1 aromatic rings. The molecule has 0 aromatic heterocycles. The minimum atomic E-state index is -0.980. The molecular weight excluding hydrogens is 334 g/mol. The highest BCUT2D eigenvalue weighted by Gasteiger charge is 2.41. The summed E-state index contributed by atoms with van der Waals surface area (Å²) in [5.41, 5.74) is -0.587. The van der Waals surface area contributed by atoms with Gasteiger partial charge in [-0.1, -0.05) is 30.9 Å². The molecule has 0 spiro atoms. The number of carboxylic acid groups (broad SMARTS) is 1. The van der Waals surface area contributed by atoms with Crippen molar-refractivity contribution in [2.45, 2.75) is 38.5 Å². The van der Waals surface area contributed by atoms with E-state index < -0.39 is 11.4 Å². The second kappa shape index (κ2) is 7.75. The van der Waals surface area contributed by atoms with E-state index in [4.69, 9.17) is 21.1 Å². The number of hydrogen-bond acceptors (Lipinski definition) is 4. The zero-order chi connectivity index (χ0) is 17.7. The summed E-state index contributed by atoms with van der Waals surface area (Å²) < 4.78 is 10.4. The molecule has 7 heteroatoms. The first-order chi connectivity index (χ1) is 11.4. The lowest BCUT2D eigenvalue weighted by Gasteiger charge is -2.32. The fourth-order valence-electron chi connectivity index (χ4n) is 3.15. The van der Waals surface area contributed by atoms with Gasteiger partial charge in [0, 0.05) is 12.5 Å². The topological polar surface area (TPSA) is 84.9 Å². The monoisotopic (exact) mass is 355 g/mol. The summed E-state index contributed by atoms with van der Waals surface area (Å²) in [5.74, 6) is -0.436. The number of anilines is 1. The maximum Gasteiger partial charge on any atom is 0.310 e. The molecule has 2 N–H and O–H groups in total. The van der Waals surface area contributed by atoms with Gasteiger partial charge < -0.3 is 19.9 Å². The second-order valence-electron chi connectivity index (χ2n) is 6.06. The Morgan fingerprint density at radius 3 is 2.33 bits per heavy atom. The van der Waals surface area contributed by atoms with Crippen LogP contribution < -0.4 is 14.8 Å². The Labute approximate surface area is 146 Å². The van der Waals surface area contributed by atoms with E-state index in [1.165, 1.54) is 20.3 Å². The summed E-state index contributed by atoms with van der Waals surface area (Å²) in [6.07, 6.45) is 3.66. The number of ether oxygens (including phenoxy) is 2. The number of carbonyl (C=O) groups is 2. The van der Waals surface area contributed by atoms with Crippen molar-refractivity contribution in [3.05, 3.63) is 17.2 Å². The van der Waals surface area contributed by atoms with Crippen molar-refractivity contribution in [1.82, 2.24) is 0 Å². The number of hydrogen-bond donors (Lipinski definition) is 2. The van der Waals surface area contributed by atoms with Crippen LogP contribution in [0.25, 0.3) is 0 Å². The quantitative estimate of drug-likeness (QED) is 0.812. The maximum absolute atomic E-state index is 12.4. The lowest BCUT2D eigenvalue weighted by Crippen LogP contribution is -2.37. The minimum Gasteiger partial charge on any atom is -0.495 e. The Hall–Kier alpha value is -1.95. The molecule has 0 bridgehead atoms. The molecule has 132 valence electrons. The van der Waals surface area contributed by atoms with Crippen molar-refractivity contribution < 1.29 is 24.2 Å².